The van der Waals surface area contributed by atoms with Gasteiger partial charge < -0.3 is 9.47 Å². The number of fused-ring (bicyclic) bond motifs is 1. The van der Waals surface area contributed by atoms with Crippen molar-refractivity contribution in [3.63, 3.8) is 0 Å². The minimum atomic E-state index is -0.687. The molecule has 2 heterocycles. The summed E-state index contributed by atoms with van der Waals surface area (Å²) in [5, 5.41) is 4.74. The molecule has 0 radical (unpaired) electrons. The number of carbonyl (C=O) groups excluding carboxylic acids is 3. The molecule has 2 aromatic heterocycles. The Morgan fingerprint density at radius 1 is 1.06 bits per heavy atom. The van der Waals surface area contributed by atoms with E-state index in [2.05, 4.69) is 15.1 Å². The normalized spacial score (nSPS) is 11.4. The number of carbonyl (C=O) groups is 3. The van der Waals surface area contributed by atoms with Crippen molar-refractivity contribution in [2.75, 3.05) is 7.11 Å². The van der Waals surface area contributed by atoms with Crippen LogP contribution in [0.4, 0.5) is 0 Å². The number of hydrogen-bond donors (Lipinski definition) is 0. The Balaban J connectivity index is 2.24. The van der Waals surface area contributed by atoms with Gasteiger partial charge in [0.2, 0.25) is 0 Å². The molecular formula is C22H24N4O5. The van der Waals surface area contributed by atoms with Gasteiger partial charge in [0.1, 0.15) is 23.7 Å². The van der Waals surface area contributed by atoms with Crippen molar-refractivity contribution in [3.05, 3.63) is 41.6 Å². The third-order valence-corrected chi connectivity index (χ3v) is 4.40. The van der Waals surface area contributed by atoms with Crippen molar-refractivity contribution in [2.45, 2.75) is 46.8 Å². The summed E-state index contributed by atoms with van der Waals surface area (Å²) in [5.74, 6) is -0.868. The lowest BCUT2D eigenvalue weighted by Crippen LogP contribution is -2.27. The predicted molar refractivity (Wildman–Crippen MR) is 113 cm³/mol. The van der Waals surface area contributed by atoms with Crippen LogP contribution in [0.1, 0.15) is 54.4 Å². The van der Waals surface area contributed by atoms with E-state index in [0.717, 1.165) is 0 Å². The maximum atomic E-state index is 12.6. The van der Waals surface area contributed by atoms with Crippen LogP contribution >= 0.6 is 0 Å². The Morgan fingerprint density at radius 3 is 2.26 bits per heavy atom. The van der Waals surface area contributed by atoms with Gasteiger partial charge in [0.05, 0.1) is 18.2 Å². The van der Waals surface area contributed by atoms with Gasteiger partial charge in [0.15, 0.2) is 5.78 Å². The second kappa shape index (κ2) is 8.25. The average molecular weight is 424 g/mol. The summed E-state index contributed by atoms with van der Waals surface area (Å²) in [6.07, 6.45) is 3.26. The molecule has 31 heavy (non-hydrogen) atoms. The minimum absolute atomic E-state index is 0.138. The third-order valence-electron chi connectivity index (χ3n) is 4.40. The highest BCUT2D eigenvalue weighted by Gasteiger charge is 2.25. The van der Waals surface area contributed by atoms with Gasteiger partial charge in [-0.25, -0.2) is 14.8 Å². The number of methoxy groups -OCH3 is 1. The fraction of sp³-hybridized carbons (Fsp3) is 0.364. The van der Waals surface area contributed by atoms with Crippen LogP contribution in [0.25, 0.3) is 22.0 Å². The van der Waals surface area contributed by atoms with Crippen LogP contribution in [0.2, 0.25) is 0 Å². The summed E-state index contributed by atoms with van der Waals surface area (Å²) in [4.78, 5) is 45.7. The number of nitrogens with zero attached hydrogens (tertiary/aromatic N) is 4. The van der Waals surface area contributed by atoms with Crippen LogP contribution in [0.15, 0.2) is 24.5 Å². The minimum Gasteiger partial charge on any atom is -0.465 e. The second-order valence-corrected chi connectivity index (χ2v) is 8.08. The van der Waals surface area contributed by atoms with Gasteiger partial charge in [-0.3, -0.25) is 14.3 Å². The number of benzene rings is 1. The van der Waals surface area contributed by atoms with E-state index in [9.17, 15) is 14.4 Å². The number of aromatic nitrogens is 4. The van der Waals surface area contributed by atoms with Gasteiger partial charge in [-0.1, -0.05) is 0 Å². The fourth-order valence-electron chi connectivity index (χ4n) is 3.16. The van der Waals surface area contributed by atoms with Crippen LogP contribution in [-0.4, -0.2) is 50.2 Å². The van der Waals surface area contributed by atoms with Gasteiger partial charge >= 0.3 is 11.9 Å². The van der Waals surface area contributed by atoms with Gasteiger partial charge in [0.25, 0.3) is 0 Å². The van der Waals surface area contributed by atoms with Crippen molar-refractivity contribution < 1.29 is 23.9 Å². The number of aryl methyl sites for hydroxylation is 1. The Morgan fingerprint density at radius 2 is 1.71 bits per heavy atom. The van der Waals surface area contributed by atoms with E-state index >= 15 is 0 Å². The molecule has 0 bridgehead atoms. The number of Topliss-reactive ketones (excluding diaryl/α,β-unsaturated/α-hetero) is 1. The molecule has 0 unspecified atom stereocenters. The molecule has 3 rings (SSSR count). The molecule has 0 N–H and O–H groups in total. The highest BCUT2D eigenvalue weighted by molar-refractivity contribution is 6.12. The molecule has 9 heteroatoms. The fourth-order valence-corrected chi connectivity index (χ4v) is 3.16. The van der Waals surface area contributed by atoms with Gasteiger partial charge in [-0.2, -0.15) is 5.10 Å². The number of rotatable bonds is 5. The van der Waals surface area contributed by atoms with Gasteiger partial charge in [-0.15, -0.1) is 0 Å². The van der Waals surface area contributed by atoms with Crippen LogP contribution in [0.3, 0.4) is 0 Å². The molecule has 0 aliphatic carbocycles. The Labute approximate surface area is 179 Å². The molecule has 9 nitrogen and oxygen atoms in total. The van der Waals surface area contributed by atoms with Crippen LogP contribution < -0.4 is 0 Å². The SMILES string of the molecule is COC(=O)c1cc(-c2cnc(C)nc2)cc2c(C(C)=O)nn(CC(=O)OC(C)(C)C)c12. The predicted octanol–water partition coefficient (Wildman–Crippen LogP) is 3.13. The highest BCUT2D eigenvalue weighted by atomic mass is 16.6. The summed E-state index contributed by atoms with van der Waals surface area (Å²) in [7, 11) is 1.26. The Bertz CT molecular complexity index is 1170. The van der Waals surface area contributed by atoms with Crippen molar-refractivity contribution in [1.82, 2.24) is 19.7 Å². The smallest absolute Gasteiger partial charge is 0.340 e. The van der Waals surface area contributed by atoms with Crippen molar-refractivity contribution in [1.29, 1.82) is 0 Å². The van der Waals surface area contributed by atoms with E-state index in [0.29, 0.717) is 27.9 Å². The molecule has 1 aromatic carbocycles. The molecule has 162 valence electrons. The summed E-state index contributed by atoms with van der Waals surface area (Å²) in [5.41, 5.74) is 1.21. The third kappa shape index (κ3) is 4.76. The first-order chi connectivity index (χ1) is 14.5. The first-order valence-corrected chi connectivity index (χ1v) is 9.65. The molecule has 0 amide bonds. The van der Waals surface area contributed by atoms with Crippen LogP contribution in [0, 0.1) is 6.92 Å². The number of esters is 2. The number of ether oxygens (including phenoxy) is 2. The zero-order valence-corrected chi connectivity index (χ0v) is 18.3. The molecule has 0 spiro atoms. The zero-order valence-electron chi connectivity index (χ0n) is 18.3. The summed E-state index contributed by atoms with van der Waals surface area (Å²) < 4.78 is 11.6. The molecule has 0 aliphatic rings. The quantitative estimate of drug-likeness (QED) is 0.453. The average Bonchev–Trinajstić information content (AvgIpc) is 3.04. The van der Waals surface area contributed by atoms with E-state index in [1.165, 1.54) is 18.7 Å². The Hall–Kier alpha value is -3.62. The van der Waals surface area contributed by atoms with E-state index in [-0.39, 0.29) is 23.6 Å². The molecule has 0 saturated carbocycles. The first kappa shape index (κ1) is 22.1. The van der Waals surface area contributed by atoms with Crippen molar-refractivity contribution in [2.24, 2.45) is 0 Å². The number of ketones is 1. The lowest BCUT2D eigenvalue weighted by molar-refractivity contribution is -0.155. The standard InChI is InChI=1S/C22H24N4O5/c1-12(27)19-16-7-14(15-9-23-13(2)24-10-15)8-17(21(29)30-6)20(16)26(25-19)11-18(28)31-22(3,4)5/h7-10H,11H2,1-6H3. The molecule has 0 saturated heterocycles. The summed E-state index contributed by atoms with van der Waals surface area (Å²) in [6.45, 7) is 8.13. The van der Waals surface area contributed by atoms with E-state index in [1.807, 2.05) is 0 Å². The van der Waals surface area contributed by atoms with Crippen LogP contribution in [-0.2, 0) is 20.8 Å². The van der Waals surface area contributed by atoms with Crippen molar-refractivity contribution in [3.8, 4) is 11.1 Å². The molecule has 0 atom stereocenters. The van der Waals surface area contributed by atoms with E-state index < -0.39 is 17.5 Å². The molecule has 0 fully saturated rings. The zero-order chi connectivity index (χ0) is 22.9. The molecule has 3 aromatic rings. The Kier molecular flexibility index (Phi) is 5.88. The summed E-state index contributed by atoms with van der Waals surface area (Å²) in [6, 6.07) is 3.34. The van der Waals surface area contributed by atoms with Gasteiger partial charge in [0, 0.05) is 30.3 Å². The number of hydrogen-bond acceptors (Lipinski definition) is 8. The second-order valence-electron chi connectivity index (χ2n) is 8.08. The molecular weight excluding hydrogens is 400 g/mol. The highest BCUT2D eigenvalue weighted by Crippen LogP contribution is 2.30. The van der Waals surface area contributed by atoms with Crippen LogP contribution in [0.5, 0.6) is 0 Å². The summed E-state index contributed by atoms with van der Waals surface area (Å²) >= 11 is 0. The van der Waals surface area contributed by atoms with E-state index in [1.54, 1.807) is 52.2 Å². The topological polar surface area (TPSA) is 113 Å². The lowest BCUT2D eigenvalue weighted by atomic mass is 10.00. The van der Waals surface area contributed by atoms with Gasteiger partial charge in [-0.05, 0) is 45.4 Å². The monoisotopic (exact) mass is 424 g/mol. The lowest BCUT2D eigenvalue weighted by Gasteiger charge is -2.19. The maximum Gasteiger partial charge on any atom is 0.340 e. The van der Waals surface area contributed by atoms with Crippen molar-refractivity contribution >= 4 is 28.6 Å². The first-order valence-electron chi connectivity index (χ1n) is 9.65. The van der Waals surface area contributed by atoms with E-state index in [4.69, 9.17) is 9.47 Å². The largest absolute Gasteiger partial charge is 0.465 e. The maximum absolute atomic E-state index is 12.6. The molecule has 0 aliphatic heterocycles.